The lowest BCUT2D eigenvalue weighted by atomic mass is 9.98. The van der Waals surface area contributed by atoms with E-state index in [2.05, 4.69) is 0 Å². The van der Waals surface area contributed by atoms with Gasteiger partial charge in [-0.1, -0.05) is 59.6 Å². The molecule has 0 spiro atoms. The average molecular weight is 439 g/mol. The van der Waals surface area contributed by atoms with Crippen LogP contribution in [0.2, 0.25) is 10.0 Å². The molecule has 2 rings (SSSR count). The number of hydrogen-bond acceptors (Lipinski definition) is 6. The highest BCUT2D eigenvalue weighted by atomic mass is 35.5. The number of halogens is 2. The van der Waals surface area contributed by atoms with Gasteiger partial charge in [-0.2, -0.15) is 16.8 Å². The van der Waals surface area contributed by atoms with Gasteiger partial charge in [0.1, 0.15) is 12.2 Å². The molecule has 2 atom stereocenters. The van der Waals surface area contributed by atoms with E-state index in [1.165, 1.54) is 24.3 Å². The van der Waals surface area contributed by atoms with Crippen molar-refractivity contribution in [1.29, 1.82) is 0 Å². The van der Waals surface area contributed by atoms with Crippen molar-refractivity contribution in [2.24, 2.45) is 0 Å². The maximum Gasteiger partial charge on any atom is 0.265 e. The van der Waals surface area contributed by atoms with Crippen molar-refractivity contribution < 1.29 is 25.2 Å². The zero-order valence-electron chi connectivity index (χ0n) is 13.8. The van der Waals surface area contributed by atoms with E-state index in [-0.39, 0.29) is 21.2 Å². The summed E-state index contributed by atoms with van der Waals surface area (Å²) >= 11 is 12.4. The van der Waals surface area contributed by atoms with E-state index >= 15 is 0 Å². The summed E-state index contributed by atoms with van der Waals surface area (Å²) in [6.45, 7) is 0. The van der Waals surface area contributed by atoms with Crippen LogP contribution in [-0.2, 0) is 28.6 Å². The molecule has 0 amide bonds. The average Bonchev–Trinajstić information content (AvgIpc) is 2.50. The maximum absolute atomic E-state index is 11.8. The Hall–Kier alpha value is -1.16. The quantitative estimate of drug-likeness (QED) is 0.611. The Balaban J connectivity index is 2.69. The smallest absolute Gasteiger partial charge is 0.259 e. The fourth-order valence-corrected chi connectivity index (χ4v) is 3.97. The molecule has 0 aliphatic heterocycles. The number of rotatable bonds is 7. The molecule has 26 heavy (non-hydrogen) atoms. The molecule has 0 heterocycles. The SMILES string of the molecule is CS(=O)(=O)OC(c1ccccc1Cl)C(OS(C)(=O)=O)c1ccccc1Cl. The molecule has 0 saturated heterocycles. The third-order valence-corrected chi connectivity index (χ3v) is 5.06. The summed E-state index contributed by atoms with van der Waals surface area (Å²) in [5, 5.41) is 0.380. The van der Waals surface area contributed by atoms with E-state index in [0.717, 1.165) is 12.5 Å². The Morgan fingerprint density at radius 1 is 0.692 bits per heavy atom. The van der Waals surface area contributed by atoms with Gasteiger partial charge in [-0.3, -0.25) is 8.37 Å². The van der Waals surface area contributed by atoms with E-state index in [0.29, 0.717) is 0 Å². The van der Waals surface area contributed by atoms with Gasteiger partial charge in [0, 0.05) is 21.2 Å². The Kier molecular flexibility index (Phi) is 6.70. The molecule has 6 nitrogen and oxygen atoms in total. The zero-order chi connectivity index (χ0) is 19.5. The number of benzene rings is 2. The second kappa shape index (κ2) is 8.24. The van der Waals surface area contributed by atoms with Gasteiger partial charge in [-0.05, 0) is 12.1 Å². The third-order valence-electron chi connectivity index (χ3n) is 3.26. The minimum atomic E-state index is -3.99. The van der Waals surface area contributed by atoms with Gasteiger partial charge in [0.05, 0.1) is 12.5 Å². The van der Waals surface area contributed by atoms with Gasteiger partial charge in [0.25, 0.3) is 20.2 Å². The summed E-state index contributed by atoms with van der Waals surface area (Å²) in [5.41, 5.74) is 0.487. The van der Waals surface area contributed by atoms with Gasteiger partial charge >= 0.3 is 0 Å². The first-order chi connectivity index (χ1) is 12.0. The van der Waals surface area contributed by atoms with Gasteiger partial charge < -0.3 is 0 Å². The molecule has 0 N–H and O–H groups in total. The summed E-state index contributed by atoms with van der Waals surface area (Å²) in [7, 11) is -7.97. The van der Waals surface area contributed by atoms with Crippen LogP contribution in [0.15, 0.2) is 48.5 Å². The highest BCUT2D eigenvalue weighted by molar-refractivity contribution is 7.86. The maximum atomic E-state index is 11.8. The third kappa shape index (κ3) is 5.94. The first kappa shape index (κ1) is 21.1. The minimum absolute atomic E-state index is 0.190. The Labute approximate surface area is 162 Å². The molecule has 2 aromatic rings. The van der Waals surface area contributed by atoms with E-state index < -0.39 is 32.4 Å². The standard InChI is InChI=1S/C16H16Cl2O6S2/c1-25(19,20)23-15(11-7-3-5-9-13(11)17)16(24-26(2,21)22)12-8-4-6-10-14(12)18/h3-10,15-16H,1-2H3. The Bertz CT molecular complexity index is 908. The van der Waals surface area contributed by atoms with Gasteiger partial charge in [-0.25, -0.2) is 0 Å². The fourth-order valence-electron chi connectivity index (χ4n) is 2.32. The predicted octanol–water partition coefficient (Wildman–Crippen LogP) is 3.73. The number of hydrogen-bond donors (Lipinski definition) is 0. The zero-order valence-corrected chi connectivity index (χ0v) is 16.9. The minimum Gasteiger partial charge on any atom is -0.259 e. The van der Waals surface area contributed by atoms with Crippen molar-refractivity contribution in [2.75, 3.05) is 12.5 Å². The molecule has 142 valence electrons. The largest absolute Gasteiger partial charge is 0.265 e. The Morgan fingerprint density at radius 2 is 1.00 bits per heavy atom. The summed E-state index contributed by atoms with van der Waals surface area (Å²) in [4.78, 5) is 0. The molecule has 2 aromatic carbocycles. The molecular formula is C16H16Cl2O6S2. The fraction of sp³-hybridized carbons (Fsp3) is 0.250. The summed E-state index contributed by atoms with van der Waals surface area (Å²) in [6, 6.07) is 12.6. The van der Waals surface area contributed by atoms with E-state index in [1.807, 2.05) is 0 Å². The van der Waals surface area contributed by atoms with Crippen LogP contribution in [0.5, 0.6) is 0 Å². The van der Waals surface area contributed by atoms with Gasteiger partial charge in [0.15, 0.2) is 0 Å². The molecule has 10 heteroatoms. The lowest BCUT2D eigenvalue weighted by Crippen LogP contribution is -2.23. The van der Waals surface area contributed by atoms with E-state index in [1.54, 1.807) is 24.3 Å². The summed E-state index contributed by atoms with van der Waals surface area (Å²) in [6.07, 6.45) is -1.04. The van der Waals surface area contributed by atoms with Gasteiger partial charge in [-0.15, -0.1) is 0 Å². The van der Waals surface area contributed by atoms with Crippen molar-refractivity contribution in [1.82, 2.24) is 0 Å². The van der Waals surface area contributed by atoms with E-state index in [9.17, 15) is 16.8 Å². The van der Waals surface area contributed by atoms with Crippen molar-refractivity contribution in [3.8, 4) is 0 Å². The van der Waals surface area contributed by atoms with Crippen LogP contribution in [0.1, 0.15) is 23.3 Å². The normalized spacial score (nSPS) is 14.8. The molecule has 0 bridgehead atoms. The predicted molar refractivity (Wildman–Crippen MR) is 100 cm³/mol. The molecule has 0 aromatic heterocycles. The van der Waals surface area contributed by atoms with Crippen molar-refractivity contribution in [3.63, 3.8) is 0 Å². The topological polar surface area (TPSA) is 86.7 Å². The molecule has 0 aliphatic rings. The first-order valence-electron chi connectivity index (χ1n) is 7.23. The van der Waals surface area contributed by atoms with Crippen LogP contribution in [0, 0.1) is 0 Å². The lowest BCUT2D eigenvalue weighted by Gasteiger charge is -2.27. The van der Waals surface area contributed by atoms with Crippen molar-refractivity contribution in [2.45, 2.75) is 12.2 Å². The molecule has 0 fully saturated rings. The lowest BCUT2D eigenvalue weighted by molar-refractivity contribution is 0.0632. The monoisotopic (exact) mass is 438 g/mol. The van der Waals surface area contributed by atoms with Crippen LogP contribution in [-0.4, -0.2) is 29.3 Å². The molecule has 2 unspecified atom stereocenters. The summed E-state index contributed by atoms with van der Waals surface area (Å²) in [5.74, 6) is 0. The van der Waals surface area contributed by atoms with Crippen molar-refractivity contribution >= 4 is 43.4 Å². The van der Waals surface area contributed by atoms with Crippen LogP contribution >= 0.6 is 23.2 Å². The molecular weight excluding hydrogens is 423 g/mol. The second-order valence-electron chi connectivity index (χ2n) is 5.48. The van der Waals surface area contributed by atoms with Crippen molar-refractivity contribution in [3.05, 3.63) is 69.7 Å². The molecule has 0 aliphatic carbocycles. The highest BCUT2D eigenvalue weighted by Crippen LogP contribution is 2.42. The molecule has 0 radical (unpaired) electrons. The highest BCUT2D eigenvalue weighted by Gasteiger charge is 2.35. The van der Waals surface area contributed by atoms with Gasteiger partial charge in [0.2, 0.25) is 0 Å². The van der Waals surface area contributed by atoms with E-state index in [4.69, 9.17) is 31.6 Å². The molecule has 0 saturated carbocycles. The Morgan fingerprint density at radius 3 is 1.27 bits per heavy atom. The van der Waals surface area contributed by atoms with Crippen LogP contribution in [0.25, 0.3) is 0 Å². The first-order valence-corrected chi connectivity index (χ1v) is 11.6. The van der Waals surface area contributed by atoms with Crippen LogP contribution in [0.4, 0.5) is 0 Å². The summed E-state index contributed by atoms with van der Waals surface area (Å²) < 4.78 is 57.6. The van der Waals surface area contributed by atoms with Crippen LogP contribution < -0.4 is 0 Å². The van der Waals surface area contributed by atoms with Crippen LogP contribution in [0.3, 0.4) is 0 Å². The second-order valence-corrected chi connectivity index (χ2v) is 9.50.